The molecule has 0 radical (unpaired) electrons. The molecule has 34 heavy (non-hydrogen) atoms. The Kier molecular flexibility index (Phi) is 8.78. The van der Waals surface area contributed by atoms with Gasteiger partial charge in [0.2, 0.25) is 0 Å². The van der Waals surface area contributed by atoms with Crippen LogP contribution in [0.3, 0.4) is 0 Å². The van der Waals surface area contributed by atoms with E-state index in [1.807, 2.05) is 0 Å². The van der Waals surface area contributed by atoms with Gasteiger partial charge in [0.05, 0.1) is 18.8 Å². The Morgan fingerprint density at radius 1 is 1.32 bits per heavy atom. The Labute approximate surface area is 201 Å². The van der Waals surface area contributed by atoms with E-state index < -0.39 is 44.0 Å². The summed E-state index contributed by atoms with van der Waals surface area (Å²) in [5, 5.41) is 2.56. The van der Waals surface area contributed by atoms with Gasteiger partial charge < -0.3 is 14.0 Å². The van der Waals surface area contributed by atoms with Crippen LogP contribution in [-0.4, -0.2) is 46.5 Å². The summed E-state index contributed by atoms with van der Waals surface area (Å²) in [5.41, 5.74) is -0.612. The quantitative estimate of drug-likeness (QED) is 0.277. The SMILES string of the molecule is CC(C)OC(=O)[C@H](C)NP(=O)(OC[C@@H]1C[C@H](F)[C@H](n2ccc(=S)[nH]c2=O)O1)Oc1ccccc1. The first-order valence-electron chi connectivity index (χ1n) is 10.6. The minimum Gasteiger partial charge on any atom is -0.462 e. The Morgan fingerprint density at radius 3 is 2.68 bits per heavy atom. The monoisotopic (exact) mass is 515 g/mol. The molecule has 2 heterocycles. The normalized spacial score (nSPS) is 22.8. The number of carbonyl (C=O) groups excluding carboxylic acids is 1. The number of hydrogen-bond acceptors (Lipinski definition) is 8. The molecular weight excluding hydrogens is 488 g/mol. The second kappa shape index (κ2) is 11.4. The molecule has 10 nitrogen and oxygen atoms in total. The van der Waals surface area contributed by atoms with Gasteiger partial charge in [-0.25, -0.2) is 13.8 Å². The molecule has 3 rings (SSSR count). The number of carbonyl (C=O) groups is 1. The molecule has 0 amide bonds. The Bertz CT molecular complexity index is 1140. The lowest BCUT2D eigenvalue weighted by Gasteiger charge is -2.24. The van der Waals surface area contributed by atoms with Crippen LogP contribution < -0.4 is 15.3 Å². The minimum absolute atomic E-state index is 0.108. The van der Waals surface area contributed by atoms with Crippen LogP contribution in [0.5, 0.6) is 5.75 Å². The van der Waals surface area contributed by atoms with Crippen molar-refractivity contribution >= 4 is 25.9 Å². The highest BCUT2D eigenvalue weighted by Crippen LogP contribution is 2.46. The van der Waals surface area contributed by atoms with E-state index in [0.717, 1.165) is 4.57 Å². The van der Waals surface area contributed by atoms with E-state index in [1.54, 1.807) is 44.2 Å². The summed E-state index contributed by atoms with van der Waals surface area (Å²) < 4.78 is 51.3. The molecule has 1 aliphatic heterocycles. The van der Waals surface area contributed by atoms with Crippen LogP contribution in [0.25, 0.3) is 0 Å². The van der Waals surface area contributed by atoms with Crippen molar-refractivity contribution in [3.05, 3.63) is 57.7 Å². The summed E-state index contributed by atoms with van der Waals surface area (Å²) >= 11 is 4.89. The van der Waals surface area contributed by atoms with Crippen molar-refractivity contribution in [2.24, 2.45) is 0 Å². The van der Waals surface area contributed by atoms with Gasteiger partial charge in [0.25, 0.3) is 0 Å². The summed E-state index contributed by atoms with van der Waals surface area (Å²) in [6, 6.07) is 8.67. The van der Waals surface area contributed by atoms with Gasteiger partial charge in [0.1, 0.15) is 22.6 Å². The maximum Gasteiger partial charge on any atom is 0.459 e. The van der Waals surface area contributed by atoms with E-state index in [-0.39, 0.29) is 29.5 Å². The molecule has 2 N–H and O–H groups in total. The number of nitrogens with zero attached hydrogens (tertiary/aromatic N) is 1. The van der Waals surface area contributed by atoms with Gasteiger partial charge in [-0.2, -0.15) is 5.09 Å². The van der Waals surface area contributed by atoms with Crippen molar-refractivity contribution in [1.82, 2.24) is 14.6 Å². The molecule has 0 aliphatic carbocycles. The zero-order valence-electron chi connectivity index (χ0n) is 18.9. The molecular formula is C21H27FN3O7PS. The van der Waals surface area contributed by atoms with E-state index in [0.29, 0.717) is 0 Å². The fraction of sp³-hybridized carbons (Fsp3) is 0.476. The summed E-state index contributed by atoms with van der Waals surface area (Å²) in [4.78, 5) is 26.7. The first kappa shape index (κ1) is 26.2. The highest BCUT2D eigenvalue weighted by molar-refractivity contribution is 7.71. The van der Waals surface area contributed by atoms with Crippen molar-refractivity contribution in [3.63, 3.8) is 0 Å². The summed E-state index contributed by atoms with van der Waals surface area (Å²) in [6.45, 7) is 4.51. The molecule has 13 heteroatoms. The highest BCUT2D eigenvalue weighted by atomic mass is 32.1. The van der Waals surface area contributed by atoms with E-state index in [1.165, 1.54) is 19.2 Å². The first-order chi connectivity index (χ1) is 16.1. The minimum atomic E-state index is -4.12. The fourth-order valence-electron chi connectivity index (χ4n) is 3.20. The van der Waals surface area contributed by atoms with Gasteiger partial charge in [-0.15, -0.1) is 0 Å². The number of benzene rings is 1. The number of alkyl halides is 1. The van der Waals surface area contributed by atoms with Crippen LogP contribution in [-0.2, 0) is 23.4 Å². The fourth-order valence-corrected chi connectivity index (χ4v) is 4.87. The third-order valence-electron chi connectivity index (χ3n) is 4.71. The van der Waals surface area contributed by atoms with Crippen LogP contribution in [0.15, 0.2) is 47.4 Å². The number of halogens is 1. The van der Waals surface area contributed by atoms with E-state index in [4.69, 9.17) is 30.7 Å². The summed E-state index contributed by atoms with van der Waals surface area (Å²) in [5.74, 6) is -0.403. The van der Waals surface area contributed by atoms with Crippen LogP contribution >= 0.6 is 20.0 Å². The molecule has 0 spiro atoms. The lowest BCUT2D eigenvalue weighted by atomic mass is 10.2. The second-order valence-corrected chi connectivity index (χ2v) is 10.1. The Morgan fingerprint density at radius 2 is 2.03 bits per heavy atom. The Balaban J connectivity index is 1.71. The van der Waals surface area contributed by atoms with Crippen LogP contribution in [0.2, 0.25) is 0 Å². The molecule has 2 aromatic rings. The van der Waals surface area contributed by atoms with Gasteiger partial charge in [0.15, 0.2) is 6.23 Å². The van der Waals surface area contributed by atoms with E-state index in [9.17, 15) is 18.5 Å². The number of aromatic nitrogens is 2. The molecule has 0 saturated carbocycles. The molecule has 1 unspecified atom stereocenters. The number of hydrogen-bond donors (Lipinski definition) is 2. The summed E-state index contributed by atoms with van der Waals surface area (Å²) in [6.07, 6.45) is -2.68. The molecule has 1 aromatic heterocycles. The smallest absolute Gasteiger partial charge is 0.459 e. The molecule has 1 saturated heterocycles. The van der Waals surface area contributed by atoms with Crippen molar-refractivity contribution in [2.45, 2.75) is 57.8 Å². The van der Waals surface area contributed by atoms with Crippen molar-refractivity contribution in [2.75, 3.05) is 6.61 Å². The largest absolute Gasteiger partial charge is 0.462 e. The number of aromatic amines is 1. The maximum atomic E-state index is 14.7. The number of ether oxygens (including phenoxy) is 2. The molecule has 1 aromatic carbocycles. The predicted molar refractivity (Wildman–Crippen MR) is 124 cm³/mol. The zero-order chi connectivity index (χ0) is 24.9. The average molecular weight is 516 g/mol. The van der Waals surface area contributed by atoms with E-state index >= 15 is 0 Å². The third-order valence-corrected chi connectivity index (χ3v) is 6.59. The second-order valence-electron chi connectivity index (χ2n) is 7.95. The Hall–Kier alpha value is -2.37. The van der Waals surface area contributed by atoms with Gasteiger partial charge in [0, 0.05) is 12.6 Å². The number of nitrogens with one attached hydrogen (secondary N) is 2. The van der Waals surface area contributed by atoms with Crippen molar-refractivity contribution in [1.29, 1.82) is 0 Å². The van der Waals surface area contributed by atoms with Gasteiger partial charge >= 0.3 is 19.4 Å². The first-order valence-corrected chi connectivity index (χ1v) is 12.6. The average Bonchev–Trinajstić information content (AvgIpc) is 3.13. The lowest BCUT2D eigenvalue weighted by Crippen LogP contribution is -2.36. The van der Waals surface area contributed by atoms with Crippen molar-refractivity contribution < 1.29 is 32.3 Å². The van der Waals surface area contributed by atoms with Crippen molar-refractivity contribution in [3.8, 4) is 5.75 Å². The number of H-pyrrole nitrogens is 1. The number of rotatable bonds is 10. The number of para-hydroxylation sites is 1. The zero-order valence-corrected chi connectivity index (χ0v) is 20.6. The maximum absolute atomic E-state index is 14.7. The topological polar surface area (TPSA) is 121 Å². The van der Waals surface area contributed by atoms with Gasteiger partial charge in [-0.3, -0.25) is 18.9 Å². The molecule has 1 aliphatic rings. The predicted octanol–water partition coefficient (Wildman–Crippen LogP) is 3.66. The number of esters is 1. The molecule has 5 atom stereocenters. The van der Waals surface area contributed by atoms with Gasteiger partial charge in [-0.1, -0.05) is 30.4 Å². The van der Waals surface area contributed by atoms with Crippen LogP contribution in [0.4, 0.5) is 4.39 Å². The van der Waals surface area contributed by atoms with Gasteiger partial charge in [-0.05, 0) is 39.0 Å². The van der Waals surface area contributed by atoms with E-state index in [2.05, 4.69) is 10.1 Å². The van der Waals surface area contributed by atoms with Crippen LogP contribution in [0.1, 0.15) is 33.4 Å². The van der Waals surface area contributed by atoms with Crippen LogP contribution in [0, 0.1) is 4.64 Å². The molecule has 0 bridgehead atoms. The lowest BCUT2D eigenvalue weighted by molar-refractivity contribution is -0.149. The highest BCUT2D eigenvalue weighted by Gasteiger charge is 2.40. The summed E-state index contributed by atoms with van der Waals surface area (Å²) in [7, 11) is -4.12. The standard InChI is InChI=1S/C21H27FN3O7PS/c1-13(2)30-20(26)14(3)24-33(28,32-15-7-5-4-6-8-15)29-12-16-11-17(22)19(31-16)25-10-9-18(34)23-21(25)27/h4-10,13-14,16-17,19H,11-12H2,1-3H3,(H,24,28)(H,23,27,34)/t14-,16-,17-,19+,33?/m0/s1. The molecule has 1 fully saturated rings. The third kappa shape index (κ3) is 7.07. The molecule has 186 valence electrons.